The lowest BCUT2D eigenvalue weighted by atomic mass is 10.1. The number of rotatable bonds is 11. The monoisotopic (exact) mass is 460 g/mol. The molecule has 1 aromatic heterocycles. The zero-order valence-corrected chi connectivity index (χ0v) is 20.2. The number of unbranched alkanes of at least 4 members (excludes halogenated alkanes) is 1. The molecule has 1 N–H and O–H groups in total. The molecule has 2 aromatic carbocycles. The molecule has 0 saturated carbocycles. The molecule has 0 radical (unpaired) electrons. The van der Waals surface area contributed by atoms with E-state index in [0.717, 1.165) is 70.0 Å². The van der Waals surface area contributed by atoms with E-state index in [9.17, 15) is 4.79 Å². The lowest BCUT2D eigenvalue weighted by Crippen LogP contribution is -2.46. The average molecular weight is 461 g/mol. The first-order chi connectivity index (χ1) is 16.7. The Morgan fingerprint density at radius 1 is 0.971 bits per heavy atom. The van der Waals surface area contributed by atoms with Crippen molar-refractivity contribution in [1.82, 2.24) is 20.1 Å². The third kappa shape index (κ3) is 7.54. The fraction of sp³-hybridized carbons (Fsp3) is 0.429. The molecule has 0 unspecified atom stereocenters. The predicted molar refractivity (Wildman–Crippen MR) is 135 cm³/mol. The SMILES string of the molecule is Cc1ccc(-c2cnc(CCC(=O)NCCCCN3CCN(Cc4ccccc4)CC3)o2)cc1. The third-order valence-corrected chi connectivity index (χ3v) is 6.39. The third-order valence-electron chi connectivity index (χ3n) is 6.39. The first-order valence-electron chi connectivity index (χ1n) is 12.4. The average Bonchev–Trinajstić information content (AvgIpc) is 3.34. The molecule has 1 saturated heterocycles. The molecular formula is C28H36N4O2. The molecule has 0 bridgehead atoms. The van der Waals surface area contributed by atoms with Gasteiger partial charge in [0.2, 0.25) is 5.91 Å². The Morgan fingerprint density at radius 2 is 1.71 bits per heavy atom. The second kappa shape index (κ2) is 12.5. The summed E-state index contributed by atoms with van der Waals surface area (Å²) in [6, 6.07) is 18.9. The van der Waals surface area contributed by atoms with E-state index < -0.39 is 0 Å². The highest BCUT2D eigenvalue weighted by Crippen LogP contribution is 2.21. The zero-order chi connectivity index (χ0) is 23.6. The Bertz CT molecular complexity index is 1010. The number of hydrogen-bond acceptors (Lipinski definition) is 5. The van der Waals surface area contributed by atoms with Gasteiger partial charge in [-0.05, 0) is 31.9 Å². The maximum atomic E-state index is 12.2. The number of amides is 1. The fourth-order valence-corrected chi connectivity index (χ4v) is 4.29. The molecule has 6 nitrogen and oxygen atoms in total. The summed E-state index contributed by atoms with van der Waals surface area (Å²) in [5.41, 5.74) is 3.61. The maximum absolute atomic E-state index is 12.2. The van der Waals surface area contributed by atoms with E-state index in [1.807, 2.05) is 12.1 Å². The molecule has 1 aliphatic rings. The Labute approximate surface area is 203 Å². The number of oxazole rings is 1. The van der Waals surface area contributed by atoms with E-state index >= 15 is 0 Å². The number of piperazine rings is 1. The number of aryl methyl sites for hydroxylation is 2. The van der Waals surface area contributed by atoms with Crippen LogP contribution in [0.4, 0.5) is 0 Å². The van der Waals surface area contributed by atoms with E-state index in [2.05, 4.69) is 69.5 Å². The van der Waals surface area contributed by atoms with Gasteiger partial charge in [0, 0.05) is 57.7 Å². The van der Waals surface area contributed by atoms with Gasteiger partial charge in [-0.25, -0.2) is 4.98 Å². The smallest absolute Gasteiger partial charge is 0.220 e. The highest BCUT2D eigenvalue weighted by molar-refractivity contribution is 5.76. The largest absolute Gasteiger partial charge is 0.441 e. The van der Waals surface area contributed by atoms with Crippen molar-refractivity contribution < 1.29 is 9.21 Å². The van der Waals surface area contributed by atoms with Crippen molar-refractivity contribution in [3.05, 3.63) is 77.8 Å². The van der Waals surface area contributed by atoms with Crippen LogP contribution in [-0.4, -0.2) is 60.0 Å². The maximum Gasteiger partial charge on any atom is 0.220 e. The number of benzene rings is 2. The minimum atomic E-state index is 0.0598. The summed E-state index contributed by atoms with van der Waals surface area (Å²) >= 11 is 0. The van der Waals surface area contributed by atoms with Crippen LogP contribution in [0, 0.1) is 6.92 Å². The second-order valence-electron chi connectivity index (χ2n) is 9.14. The molecule has 1 amide bonds. The van der Waals surface area contributed by atoms with Crippen LogP contribution in [-0.2, 0) is 17.8 Å². The van der Waals surface area contributed by atoms with E-state index in [4.69, 9.17) is 4.42 Å². The number of carbonyl (C=O) groups excluding carboxylic acids is 1. The van der Waals surface area contributed by atoms with Gasteiger partial charge in [-0.2, -0.15) is 0 Å². The summed E-state index contributed by atoms with van der Waals surface area (Å²) in [6.45, 7) is 9.43. The summed E-state index contributed by atoms with van der Waals surface area (Å²) < 4.78 is 5.81. The van der Waals surface area contributed by atoms with Crippen LogP contribution in [0.15, 0.2) is 65.2 Å². The van der Waals surface area contributed by atoms with Gasteiger partial charge >= 0.3 is 0 Å². The van der Waals surface area contributed by atoms with Crippen LogP contribution in [0.25, 0.3) is 11.3 Å². The molecule has 0 spiro atoms. The molecule has 1 fully saturated rings. The lowest BCUT2D eigenvalue weighted by Gasteiger charge is -2.34. The second-order valence-corrected chi connectivity index (χ2v) is 9.14. The summed E-state index contributed by atoms with van der Waals surface area (Å²) in [4.78, 5) is 21.6. The molecule has 0 atom stereocenters. The number of hydrogen-bond donors (Lipinski definition) is 1. The predicted octanol–water partition coefficient (Wildman–Crippen LogP) is 4.30. The van der Waals surface area contributed by atoms with Gasteiger partial charge in [-0.3, -0.25) is 9.69 Å². The fourth-order valence-electron chi connectivity index (χ4n) is 4.29. The quantitative estimate of drug-likeness (QED) is 0.433. The molecule has 180 valence electrons. The van der Waals surface area contributed by atoms with Crippen LogP contribution < -0.4 is 5.32 Å². The molecule has 1 aliphatic heterocycles. The summed E-state index contributed by atoms with van der Waals surface area (Å²) in [7, 11) is 0. The van der Waals surface area contributed by atoms with Gasteiger partial charge in [-0.15, -0.1) is 0 Å². The Morgan fingerprint density at radius 3 is 2.47 bits per heavy atom. The normalized spacial score (nSPS) is 14.9. The summed E-state index contributed by atoms with van der Waals surface area (Å²) in [5.74, 6) is 1.41. The van der Waals surface area contributed by atoms with Crippen LogP contribution in [0.2, 0.25) is 0 Å². The zero-order valence-electron chi connectivity index (χ0n) is 20.2. The first kappa shape index (κ1) is 24.2. The van der Waals surface area contributed by atoms with Gasteiger partial charge in [0.15, 0.2) is 11.7 Å². The van der Waals surface area contributed by atoms with Crippen molar-refractivity contribution >= 4 is 5.91 Å². The Hall–Kier alpha value is -2.96. The summed E-state index contributed by atoms with van der Waals surface area (Å²) in [5, 5.41) is 3.03. The number of nitrogens with one attached hydrogen (secondary N) is 1. The standard InChI is InChI=1S/C28H36N4O2/c1-23-9-11-25(12-10-23)26-21-30-28(34-26)14-13-27(33)29-15-5-6-16-31-17-19-32(20-18-31)22-24-7-3-2-4-8-24/h2-4,7-12,21H,5-6,13-20,22H2,1H3,(H,29,33). The molecule has 6 heteroatoms. The van der Waals surface area contributed by atoms with Gasteiger partial charge in [-0.1, -0.05) is 60.2 Å². The van der Waals surface area contributed by atoms with E-state index in [1.165, 1.54) is 11.1 Å². The molecule has 4 rings (SSSR count). The lowest BCUT2D eigenvalue weighted by molar-refractivity contribution is -0.121. The van der Waals surface area contributed by atoms with Crippen molar-refractivity contribution in [2.24, 2.45) is 0 Å². The van der Waals surface area contributed by atoms with Crippen molar-refractivity contribution in [3.8, 4) is 11.3 Å². The van der Waals surface area contributed by atoms with Crippen LogP contribution in [0.5, 0.6) is 0 Å². The minimum absolute atomic E-state index is 0.0598. The van der Waals surface area contributed by atoms with Gasteiger partial charge in [0.05, 0.1) is 6.20 Å². The number of carbonyl (C=O) groups is 1. The highest BCUT2D eigenvalue weighted by Gasteiger charge is 2.16. The first-order valence-corrected chi connectivity index (χ1v) is 12.4. The van der Waals surface area contributed by atoms with Crippen LogP contribution in [0.1, 0.15) is 36.3 Å². The Balaban J connectivity index is 1.05. The van der Waals surface area contributed by atoms with Crippen molar-refractivity contribution in [2.75, 3.05) is 39.3 Å². The molecular weight excluding hydrogens is 424 g/mol. The van der Waals surface area contributed by atoms with Crippen LogP contribution in [0.3, 0.4) is 0 Å². The number of nitrogens with zero attached hydrogens (tertiary/aromatic N) is 3. The number of aromatic nitrogens is 1. The van der Waals surface area contributed by atoms with Crippen LogP contribution >= 0.6 is 0 Å². The topological polar surface area (TPSA) is 61.6 Å². The van der Waals surface area contributed by atoms with Gasteiger partial charge < -0.3 is 14.6 Å². The van der Waals surface area contributed by atoms with E-state index in [-0.39, 0.29) is 5.91 Å². The van der Waals surface area contributed by atoms with Crippen molar-refractivity contribution in [3.63, 3.8) is 0 Å². The highest BCUT2D eigenvalue weighted by atomic mass is 16.4. The molecule has 34 heavy (non-hydrogen) atoms. The van der Waals surface area contributed by atoms with E-state index in [1.54, 1.807) is 6.20 Å². The van der Waals surface area contributed by atoms with Gasteiger partial charge in [0.25, 0.3) is 0 Å². The molecule has 0 aliphatic carbocycles. The minimum Gasteiger partial charge on any atom is -0.441 e. The Kier molecular flexibility index (Phi) is 8.88. The van der Waals surface area contributed by atoms with Crippen molar-refractivity contribution in [1.29, 1.82) is 0 Å². The molecule has 2 heterocycles. The van der Waals surface area contributed by atoms with Crippen molar-refractivity contribution in [2.45, 2.75) is 39.2 Å². The summed E-state index contributed by atoms with van der Waals surface area (Å²) in [6.07, 6.45) is 4.77. The molecule has 3 aromatic rings. The van der Waals surface area contributed by atoms with E-state index in [0.29, 0.717) is 18.7 Å². The van der Waals surface area contributed by atoms with Gasteiger partial charge in [0.1, 0.15) is 0 Å².